The molecule has 122 valence electrons. The largest absolute Gasteiger partial charge is 0.340 e. The van der Waals surface area contributed by atoms with Crippen LogP contribution in [0.3, 0.4) is 0 Å². The molecule has 0 N–H and O–H groups in total. The maximum absolute atomic E-state index is 12.3. The zero-order valence-electron chi connectivity index (χ0n) is 12.7. The molecule has 2 amide bonds. The van der Waals surface area contributed by atoms with Crippen molar-refractivity contribution in [2.24, 2.45) is 0 Å². The molecule has 0 spiro atoms. The number of carbonyl (C=O) groups is 2. The van der Waals surface area contributed by atoms with E-state index in [2.05, 4.69) is 0 Å². The fraction of sp³-hybridized carbons (Fsp3) is 0.571. The molecule has 0 saturated carbocycles. The van der Waals surface area contributed by atoms with Crippen molar-refractivity contribution in [1.82, 2.24) is 9.80 Å². The van der Waals surface area contributed by atoms with E-state index in [1.165, 1.54) is 16.2 Å². The molecule has 1 aliphatic rings. The van der Waals surface area contributed by atoms with Crippen molar-refractivity contribution in [2.45, 2.75) is 18.6 Å². The van der Waals surface area contributed by atoms with Crippen LogP contribution in [-0.2, 0) is 14.6 Å². The second-order valence-corrected chi connectivity index (χ2v) is 8.97. The van der Waals surface area contributed by atoms with Gasteiger partial charge in [-0.3, -0.25) is 9.59 Å². The van der Waals surface area contributed by atoms with Crippen molar-refractivity contribution in [1.29, 1.82) is 0 Å². The number of sulfone groups is 1. The molecule has 6 nitrogen and oxygen atoms in total. The minimum atomic E-state index is -3.12. The van der Waals surface area contributed by atoms with Gasteiger partial charge in [0.05, 0.1) is 22.4 Å². The molecule has 1 atom stereocenters. The van der Waals surface area contributed by atoms with Crippen LogP contribution in [0.25, 0.3) is 0 Å². The molecular formula is C14H20N2O4S2. The summed E-state index contributed by atoms with van der Waals surface area (Å²) in [6, 6.07) is 3.50. The van der Waals surface area contributed by atoms with Crippen molar-refractivity contribution >= 4 is 33.0 Å². The Morgan fingerprint density at radius 1 is 1.41 bits per heavy atom. The summed E-state index contributed by atoms with van der Waals surface area (Å²) >= 11 is 1.33. The number of amides is 2. The predicted molar refractivity (Wildman–Crippen MR) is 85.7 cm³/mol. The highest BCUT2D eigenvalue weighted by molar-refractivity contribution is 7.92. The molecule has 0 aromatic carbocycles. The van der Waals surface area contributed by atoms with Crippen molar-refractivity contribution < 1.29 is 18.0 Å². The molecule has 0 aliphatic carbocycles. The van der Waals surface area contributed by atoms with E-state index in [0.717, 1.165) is 0 Å². The third-order valence-electron chi connectivity index (χ3n) is 3.87. The summed E-state index contributed by atoms with van der Waals surface area (Å²) in [4.78, 5) is 27.9. The van der Waals surface area contributed by atoms with Gasteiger partial charge in [-0.2, -0.15) is 0 Å². The van der Waals surface area contributed by atoms with E-state index in [-0.39, 0.29) is 30.7 Å². The molecule has 22 heavy (non-hydrogen) atoms. The van der Waals surface area contributed by atoms with Crippen LogP contribution in [-0.4, -0.2) is 67.7 Å². The summed E-state index contributed by atoms with van der Waals surface area (Å²) in [5, 5.41) is 1.39. The molecule has 1 aromatic rings. The van der Waals surface area contributed by atoms with Crippen LogP contribution in [0.1, 0.15) is 23.0 Å². The van der Waals surface area contributed by atoms with Crippen LogP contribution in [0, 0.1) is 0 Å². The van der Waals surface area contributed by atoms with Crippen LogP contribution < -0.4 is 0 Å². The predicted octanol–water partition coefficient (Wildman–Crippen LogP) is 0.856. The van der Waals surface area contributed by atoms with Crippen molar-refractivity contribution in [2.75, 3.05) is 32.4 Å². The number of thiophene rings is 1. The SMILES string of the molecule is C[C@@H]1CCN(C(=O)CN(C)C(=O)c2cccs2)CCS1(=O)=O. The summed E-state index contributed by atoms with van der Waals surface area (Å²) in [5.74, 6) is -0.418. The smallest absolute Gasteiger partial charge is 0.264 e. The van der Waals surface area contributed by atoms with E-state index >= 15 is 0 Å². The van der Waals surface area contributed by atoms with E-state index in [4.69, 9.17) is 0 Å². The van der Waals surface area contributed by atoms with Gasteiger partial charge in [0.1, 0.15) is 0 Å². The maximum Gasteiger partial charge on any atom is 0.264 e. The first-order valence-electron chi connectivity index (χ1n) is 7.09. The van der Waals surface area contributed by atoms with Gasteiger partial charge in [0, 0.05) is 20.1 Å². The quantitative estimate of drug-likeness (QED) is 0.815. The highest BCUT2D eigenvalue weighted by atomic mass is 32.2. The fourth-order valence-electron chi connectivity index (χ4n) is 2.28. The van der Waals surface area contributed by atoms with Crippen molar-refractivity contribution in [3.63, 3.8) is 0 Å². The molecular weight excluding hydrogens is 324 g/mol. The highest BCUT2D eigenvalue weighted by Gasteiger charge is 2.29. The van der Waals surface area contributed by atoms with Gasteiger partial charge >= 0.3 is 0 Å². The Morgan fingerprint density at radius 2 is 2.14 bits per heavy atom. The van der Waals surface area contributed by atoms with Gasteiger partial charge in [0.15, 0.2) is 9.84 Å². The van der Waals surface area contributed by atoms with Crippen LogP contribution in [0.2, 0.25) is 0 Å². The minimum absolute atomic E-state index is 0.0114. The second-order valence-electron chi connectivity index (χ2n) is 5.49. The Labute approximate surface area is 134 Å². The summed E-state index contributed by atoms with van der Waals surface area (Å²) in [5.41, 5.74) is 0. The zero-order chi connectivity index (χ0) is 16.3. The number of nitrogens with zero attached hydrogens (tertiary/aromatic N) is 2. The average molecular weight is 344 g/mol. The van der Waals surface area contributed by atoms with E-state index in [1.807, 2.05) is 5.38 Å². The lowest BCUT2D eigenvalue weighted by Crippen LogP contribution is -2.42. The van der Waals surface area contributed by atoms with Crippen LogP contribution in [0.15, 0.2) is 17.5 Å². The Bertz CT molecular complexity index is 640. The molecule has 8 heteroatoms. The lowest BCUT2D eigenvalue weighted by atomic mass is 10.3. The average Bonchev–Trinajstić information content (AvgIpc) is 2.95. The van der Waals surface area contributed by atoms with Gasteiger partial charge in [-0.25, -0.2) is 8.42 Å². The summed E-state index contributed by atoms with van der Waals surface area (Å²) in [6.07, 6.45) is 0.441. The van der Waals surface area contributed by atoms with Gasteiger partial charge in [0.2, 0.25) is 5.91 Å². The molecule has 2 rings (SSSR count). The first-order chi connectivity index (χ1) is 10.3. The lowest BCUT2D eigenvalue weighted by molar-refractivity contribution is -0.131. The minimum Gasteiger partial charge on any atom is -0.340 e. The molecule has 0 radical (unpaired) electrons. The Balaban J connectivity index is 1.96. The summed E-state index contributed by atoms with van der Waals surface area (Å²) in [6.45, 7) is 2.26. The Hall–Kier alpha value is -1.41. The first kappa shape index (κ1) is 17.0. The second kappa shape index (κ2) is 6.78. The fourth-order valence-corrected chi connectivity index (χ4v) is 4.34. The van der Waals surface area contributed by atoms with Gasteiger partial charge in [-0.05, 0) is 24.8 Å². The van der Waals surface area contributed by atoms with E-state index in [1.54, 1.807) is 31.0 Å². The Morgan fingerprint density at radius 3 is 2.77 bits per heavy atom. The summed E-state index contributed by atoms with van der Waals surface area (Å²) < 4.78 is 23.7. The molecule has 2 heterocycles. The van der Waals surface area contributed by atoms with Gasteiger partial charge in [-0.15, -0.1) is 11.3 Å². The van der Waals surface area contributed by atoms with E-state index in [9.17, 15) is 18.0 Å². The maximum atomic E-state index is 12.3. The monoisotopic (exact) mass is 344 g/mol. The van der Waals surface area contributed by atoms with Crippen LogP contribution in [0.5, 0.6) is 0 Å². The van der Waals surface area contributed by atoms with Crippen molar-refractivity contribution in [3.05, 3.63) is 22.4 Å². The van der Waals surface area contributed by atoms with Gasteiger partial charge < -0.3 is 9.80 Å². The number of hydrogen-bond donors (Lipinski definition) is 0. The topological polar surface area (TPSA) is 74.8 Å². The molecule has 1 fully saturated rings. The van der Waals surface area contributed by atoms with Gasteiger partial charge in [0.25, 0.3) is 5.91 Å². The first-order valence-corrected chi connectivity index (χ1v) is 9.69. The number of rotatable bonds is 3. The zero-order valence-corrected chi connectivity index (χ0v) is 14.3. The molecule has 1 aromatic heterocycles. The lowest BCUT2D eigenvalue weighted by Gasteiger charge is -2.23. The molecule has 1 aliphatic heterocycles. The summed E-state index contributed by atoms with van der Waals surface area (Å²) in [7, 11) is -1.54. The van der Waals surface area contributed by atoms with E-state index in [0.29, 0.717) is 17.8 Å². The number of likely N-dealkylation sites (N-methyl/N-ethyl adjacent to an activating group) is 1. The number of carbonyl (C=O) groups excluding carboxylic acids is 2. The molecule has 0 unspecified atom stereocenters. The van der Waals surface area contributed by atoms with Crippen LogP contribution >= 0.6 is 11.3 Å². The van der Waals surface area contributed by atoms with E-state index < -0.39 is 15.1 Å². The molecule has 0 bridgehead atoms. The molecule has 1 saturated heterocycles. The third kappa shape index (κ3) is 3.86. The van der Waals surface area contributed by atoms with Crippen LogP contribution in [0.4, 0.5) is 0 Å². The highest BCUT2D eigenvalue weighted by Crippen LogP contribution is 2.14. The Kier molecular flexibility index (Phi) is 5.23. The van der Waals surface area contributed by atoms with Gasteiger partial charge in [-0.1, -0.05) is 6.07 Å². The standard InChI is InChI=1S/C14H20N2O4S2/c1-11-5-6-16(7-9-22(11,19)20)13(17)10-15(2)14(18)12-4-3-8-21-12/h3-4,8,11H,5-7,9-10H2,1-2H3/t11-/m1/s1. The van der Waals surface area contributed by atoms with Crippen molar-refractivity contribution in [3.8, 4) is 0 Å². The number of hydrogen-bond acceptors (Lipinski definition) is 5. The normalized spacial score (nSPS) is 21.2. The third-order valence-corrected chi connectivity index (χ3v) is 6.94.